The fraction of sp³-hybridized carbons (Fsp3) is 0.304. The Morgan fingerprint density at radius 3 is 2.57 bits per heavy atom. The number of ketones is 1. The molecule has 0 bridgehead atoms. The van der Waals surface area contributed by atoms with Crippen molar-refractivity contribution >= 4 is 29.3 Å². The van der Waals surface area contributed by atoms with Crippen molar-refractivity contribution in [3.63, 3.8) is 0 Å². The lowest BCUT2D eigenvalue weighted by molar-refractivity contribution is -0.151. The molecule has 2 amide bonds. The molecule has 30 heavy (non-hydrogen) atoms. The summed E-state index contributed by atoms with van der Waals surface area (Å²) in [4.78, 5) is 49.9. The second-order valence-corrected chi connectivity index (χ2v) is 7.33. The number of carbonyl (C=O) groups is 4. The summed E-state index contributed by atoms with van der Waals surface area (Å²) in [5.74, 6) is -1.91. The predicted molar refractivity (Wildman–Crippen MR) is 111 cm³/mol. The van der Waals surface area contributed by atoms with E-state index in [1.54, 1.807) is 29.2 Å². The number of amides is 2. The highest BCUT2D eigenvalue weighted by atomic mass is 16.5. The molecule has 0 radical (unpaired) electrons. The third kappa shape index (κ3) is 5.11. The van der Waals surface area contributed by atoms with Crippen LogP contribution in [0.5, 0.6) is 0 Å². The first-order valence-electron chi connectivity index (χ1n) is 9.77. The maximum atomic E-state index is 12.4. The summed E-state index contributed by atoms with van der Waals surface area (Å²) >= 11 is 0. The van der Waals surface area contributed by atoms with Gasteiger partial charge in [-0.05, 0) is 31.5 Å². The zero-order chi connectivity index (χ0) is 21.7. The highest BCUT2D eigenvalue weighted by molar-refractivity contribution is 5.97. The van der Waals surface area contributed by atoms with Crippen LogP contribution in [0.1, 0.15) is 42.2 Å². The van der Waals surface area contributed by atoms with Gasteiger partial charge in [-0.1, -0.05) is 42.5 Å². The zero-order valence-corrected chi connectivity index (χ0v) is 17.0. The van der Waals surface area contributed by atoms with E-state index in [4.69, 9.17) is 4.74 Å². The van der Waals surface area contributed by atoms with E-state index in [2.05, 4.69) is 5.32 Å². The molecular weight excluding hydrogens is 384 g/mol. The summed E-state index contributed by atoms with van der Waals surface area (Å²) in [6.45, 7) is 3.16. The number of hydrogen-bond donors (Lipinski definition) is 1. The van der Waals surface area contributed by atoms with Crippen LogP contribution in [-0.4, -0.2) is 41.6 Å². The van der Waals surface area contributed by atoms with Crippen LogP contribution >= 0.6 is 0 Å². The number of carbonyl (C=O) groups excluding carboxylic acids is 4. The molecule has 2 aromatic carbocycles. The monoisotopic (exact) mass is 408 g/mol. The summed E-state index contributed by atoms with van der Waals surface area (Å²) in [5.41, 5.74) is 1.91. The Morgan fingerprint density at radius 2 is 1.87 bits per heavy atom. The van der Waals surface area contributed by atoms with Crippen LogP contribution in [0.15, 0.2) is 54.6 Å². The van der Waals surface area contributed by atoms with Gasteiger partial charge in [0.1, 0.15) is 0 Å². The van der Waals surface area contributed by atoms with Crippen LogP contribution in [-0.2, 0) is 19.1 Å². The Balaban J connectivity index is 1.51. The standard InChI is InChI=1S/C23H24N2O5/c1-15(17-7-4-3-5-8-17)25-13-19(12-22(25)28)23(29)30-14-21(27)24-20-10-6-9-18(11-20)16(2)26/h3-11,15,19H,12-14H2,1-2H3,(H,24,27)/t15-,19-/m0/s1. The normalized spacial score (nSPS) is 16.8. The van der Waals surface area contributed by atoms with Crippen molar-refractivity contribution in [3.8, 4) is 0 Å². The molecule has 0 unspecified atom stereocenters. The van der Waals surface area contributed by atoms with Gasteiger partial charge in [0, 0.05) is 24.2 Å². The van der Waals surface area contributed by atoms with Crippen molar-refractivity contribution in [1.82, 2.24) is 4.90 Å². The van der Waals surface area contributed by atoms with Crippen LogP contribution in [0.25, 0.3) is 0 Å². The second kappa shape index (κ2) is 9.35. The number of benzene rings is 2. The first-order valence-corrected chi connectivity index (χ1v) is 9.77. The van der Waals surface area contributed by atoms with Gasteiger partial charge < -0.3 is 15.0 Å². The number of likely N-dealkylation sites (tertiary alicyclic amines) is 1. The molecule has 1 heterocycles. The van der Waals surface area contributed by atoms with Gasteiger partial charge in [-0.2, -0.15) is 0 Å². The first kappa shape index (κ1) is 21.2. The molecule has 2 atom stereocenters. The Labute approximate surface area is 175 Å². The van der Waals surface area contributed by atoms with Crippen molar-refractivity contribution in [3.05, 3.63) is 65.7 Å². The molecule has 0 saturated carbocycles. The van der Waals surface area contributed by atoms with Crippen LogP contribution in [0.2, 0.25) is 0 Å². The number of ether oxygens (including phenoxy) is 1. The topological polar surface area (TPSA) is 92.8 Å². The van der Waals surface area contributed by atoms with E-state index in [1.807, 2.05) is 37.3 Å². The molecule has 0 aromatic heterocycles. The van der Waals surface area contributed by atoms with Gasteiger partial charge in [0.2, 0.25) is 5.91 Å². The molecule has 3 rings (SSSR count). The number of rotatable bonds is 7. The van der Waals surface area contributed by atoms with Crippen molar-refractivity contribution in [2.75, 3.05) is 18.5 Å². The first-order chi connectivity index (χ1) is 14.3. The van der Waals surface area contributed by atoms with Gasteiger partial charge in [0.05, 0.1) is 12.0 Å². The maximum absolute atomic E-state index is 12.4. The lowest BCUT2D eigenvalue weighted by Crippen LogP contribution is -2.30. The highest BCUT2D eigenvalue weighted by Gasteiger charge is 2.38. The van der Waals surface area contributed by atoms with Crippen molar-refractivity contribution in [2.45, 2.75) is 26.3 Å². The van der Waals surface area contributed by atoms with E-state index in [0.717, 1.165) is 5.56 Å². The minimum absolute atomic E-state index is 0.0677. The summed E-state index contributed by atoms with van der Waals surface area (Å²) < 4.78 is 5.12. The quantitative estimate of drug-likeness (QED) is 0.562. The molecule has 7 heteroatoms. The number of anilines is 1. The molecular formula is C23H24N2O5. The number of hydrogen-bond acceptors (Lipinski definition) is 5. The maximum Gasteiger partial charge on any atom is 0.311 e. The van der Waals surface area contributed by atoms with Gasteiger partial charge in [0.25, 0.3) is 5.91 Å². The van der Waals surface area contributed by atoms with Gasteiger partial charge in [0.15, 0.2) is 12.4 Å². The van der Waals surface area contributed by atoms with Crippen molar-refractivity contribution in [1.29, 1.82) is 0 Å². The van der Waals surface area contributed by atoms with E-state index in [9.17, 15) is 19.2 Å². The van der Waals surface area contributed by atoms with Gasteiger partial charge in [-0.15, -0.1) is 0 Å². The number of esters is 1. The molecule has 2 aromatic rings. The van der Waals surface area contributed by atoms with Crippen LogP contribution < -0.4 is 5.32 Å². The number of nitrogens with one attached hydrogen (secondary N) is 1. The van der Waals surface area contributed by atoms with Crippen LogP contribution in [0.3, 0.4) is 0 Å². The van der Waals surface area contributed by atoms with E-state index in [0.29, 0.717) is 11.3 Å². The smallest absolute Gasteiger partial charge is 0.311 e. The summed E-state index contributed by atoms with van der Waals surface area (Å²) in [5, 5.41) is 2.59. The molecule has 0 aliphatic carbocycles. The lowest BCUT2D eigenvalue weighted by Gasteiger charge is -2.25. The highest BCUT2D eigenvalue weighted by Crippen LogP contribution is 2.29. The van der Waals surface area contributed by atoms with Crippen LogP contribution in [0, 0.1) is 5.92 Å². The molecule has 0 spiro atoms. The molecule has 156 valence electrons. The average Bonchev–Trinajstić information content (AvgIpc) is 3.14. The van der Waals surface area contributed by atoms with E-state index in [1.165, 1.54) is 6.92 Å². The fourth-order valence-electron chi connectivity index (χ4n) is 3.44. The Morgan fingerprint density at radius 1 is 1.13 bits per heavy atom. The van der Waals surface area contributed by atoms with Gasteiger partial charge in [-0.25, -0.2) is 0 Å². The van der Waals surface area contributed by atoms with Gasteiger partial charge >= 0.3 is 5.97 Å². The molecule has 1 aliphatic heterocycles. The third-order valence-corrected chi connectivity index (χ3v) is 5.14. The minimum Gasteiger partial charge on any atom is -0.455 e. The second-order valence-electron chi connectivity index (χ2n) is 7.33. The Kier molecular flexibility index (Phi) is 6.61. The Bertz CT molecular complexity index is 957. The van der Waals surface area contributed by atoms with E-state index >= 15 is 0 Å². The van der Waals surface area contributed by atoms with Crippen LogP contribution in [0.4, 0.5) is 5.69 Å². The Hall–Kier alpha value is -3.48. The molecule has 1 fully saturated rings. The summed E-state index contributed by atoms with van der Waals surface area (Å²) in [6.07, 6.45) is 0.0677. The minimum atomic E-state index is -0.600. The molecule has 1 N–H and O–H groups in total. The van der Waals surface area contributed by atoms with E-state index in [-0.39, 0.29) is 30.7 Å². The van der Waals surface area contributed by atoms with Crippen molar-refractivity contribution < 1.29 is 23.9 Å². The average molecular weight is 408 g/mol. The SMILES string of the molecule is CC(=O)c1cccc(NC(=O)COC(=O)[C@H]2CC(=O)N([C@@H](C)c3ccccc3)C2)c1. The summed E-state index contributed by atoms with van der Waals surface area (Å²) in [6, 6.07) is 16.0. The molecule has 1 saturated heterocycles. The predicted octanol–water partition coefficient (Wildman–Crippen LogP) is 2.98. The lowest BCUT2D eigenvalue weighted by atomic mass is 10.1. The van der Waals surface area contributed by atoms with E-state index < -0.39 is 24.4 Å². The van der Waals surface area contributed by atoms with Crippen molar-refractivity contribution in [2.24, 2.45) is 5.92 Å². The third-order valence-electron chi connectivity index (χ3n) is 5.14. The molecule has 1 aliphatic rings. The number of nitrogens with zero attached hydrogens (tertiary/aromatic N) is 1. The largest absolute Gasteiger partial charge is 0.455 e. The number of Topliss-reactive ketones (excluding diaryl/α,β-unsaturated/α-hetero) is 1. The zero-order valence-electron chi connectivity index (χ0n) is 17.0. The molecule has 7 nitrogen and oxygen atoms in total. The van der Waals surface area contributed by atoms with Gasteiger partial charge in [-0.3, -0.25) is 19.2 Å². The summed E-state index contributed by atoms with van der Waals surface area (Å²) in [7, 11) is 0. The fourth-order valence-corrected chi connectivity index (χ4v) is 3.44.